The second-order valence-corrected chi connectivity index (χ2v) is 9.86. The Kier molecular flexibility index (Phi) is 7.19. The predicted molar refractivity (Wildman–Crippen MR) is 153 cm³/mol. The van der Waals surface area contributed by atoms with Crippen LogP contribution >= 0.6 is 11.6 Å². The average Bonchev–Trinajstić information content (AvgIpc) is 3.64. The Morgan fingerprint density at radius 3 is 2.65 bits per heavy atom. The van der Waals surface area contributed by atoms with Crippen molar-refractivity contribution in [1.29, 1.82) is 0 Å². The van der Waals surface area contributed by atoms with Crippen LogP contribution in [-0.2, 0) is 0 Å². The minimum absolute atomic E-state index is 0.00637. The van der Waals surface area contributed by atoms with Crippen LogP contribution in [0.2, 0.25) is 5.02 Å². The van der Waals surface area contributed by atoms with Gasteiger partial charge in [0, 0.05) is 29.9 Å². The molecule has 2 aromatic heterocycles. The Morgan fingerprint density at radius 1 is 1.00 bits per heavy atom. The number of halogens is 1. The summed E-state index contributed by atoms with van der Waals surface area (Å²) in [5.41, 5.74) is 2.62. The van der Waals surface area contributed by atoms with E-state index in [0.717, 1.165) is 25.1 Å². The monoisotopic (exact) mass is 561 g/mol. The van der Waals surface area contributed by atoms with Crippen molar-refractivity contribution in [1.82, 2.24) is 20.3 Å². The van der Waals surface area contributed by atoms with Crippen LogP contribution < -0.4 is 29.6 Å². The van der Waals surface area contributed by atoms with Gasteiger partial charge in [0.05, 0.1) is 30.1 Å². The Labute approximate surface area is 235 Å². The Morgan fingerprint density at radius 2 is 1.85 bits per heavy atom. The van der Waals surface area contributed by atoms with Gasteiger partial charge in [-0.1, -0.05) is 11.6 Å². The molecular formula is C29H28ClN5O5. The van der Waals surface area contributed by atoms with Gasteiger partial charge in [0.15, 0.2) is 17.1 Å². The second kappa shape index (κ2) is 11.1. The molecule has 5 aromatic rings. The maximum Gasteiger partial charge on any atom is 0.300 e. The molecule has 3 heterocycles. The van der Waals surface area contributed by atoms with Crippen LogP contribution in [0.15, 0.2) is 59.3 Å². The topological polar surface area (TPSA) is 113 Å². The second-order valence-electron chi connectivity index (χ2n) is 9.45. The van der Waals surface area contributed by atoms with E-state index in [4.69, 9.17) is 35.0 Å². The smallest absolute Gasteiger partial charge is 0.300 e. The van der Waals surface area contributed by atoms with Crippen molar-refractivity contribution in [3.05, 3.63) is 59.9 Å². The number of nitrogens with one attached hydrogen (secondary N) is 2. The fourth-order valence-corrected chi connectivity index (χ4v) is 4.93. The zero-order valence-electron chi connectivity index (χ0n) is 22.2. The van der Waals surface area contributed by atoms with Gasteiger partial charge in [-0.15, -0.1) is 0 Å². The van der Waals surface area contributed by atoms with Crippen molar-refractivity contribution in [2.24, 2.45) is 0 Å². The van der Waals surface area contributed by atoms with Gasteiger partial charge in [0.25, 0.3) is 6.01 Å². The average molecular weight is 562 g/mol. The fourth-order valence-electron chi connectivity index (χ4n) is 4.77. The van der Waals surface area contributed by atoms with E-state index in [1.165, 1.54) is 6.33 Å². The molecule has 206 valence electrons. The molecule has 0 amide bonds. The third kappa shape index (κ3) is 5.28. The summed E-state index contributed by atoms with van der Waals surface area (Å²) in [6.07, 6.45) is 3.67. The number of methoxy groups -OCH3 is 2. The number of nitrogens with zero attached hydrogens (tertiary/aromatic N) is 3. The Balaban J connectivity index is 1.21. The van der Waals surface area contributed by atoms with Crippen LogP contribution in [0.3, 0.4) is 0 Å². The zero-order chi connectivity index (χ0) is 27.6. The highest BCUT2D eigenvalue weighted by atomic mass is 35.5. The van der Waals surface area contributed by atoms with Crippen molar-refractivity contribution in [3.8, 4) is 28.9 Å². The molecule has 2 N–H and O–H groups in total. The highest BCUT2D eigenvalue weighted by Crippen LogP contribution is 2.37. The molecule has 3 aromatic carbocycles. The molecule has 1 aliphatic rings. The molecule has 0 aliphatic carbocycles. The predicted octanol–water partition coefficient (Wildman–Crippen LogP) is 6.50. The van der Waals surface area contributed by atoms with E-state index < -0.39 is 0 Å². The zero-order valence-corrected chi connectivity index (χ0v) is 23.0. The molecule has 10 nitrogen and oxygen atoms in total. The van der Waals surface area contributed by atoms with Gasteiger partial charge < -0.3 is 34.0 Å². The first kappa shape index (κ1) is 26.0. The molecule has 1 aliphatic heterocycles. The van der Waals surface area contributed by atoms with Crippen molar-refractivity contribution in [2.45, 2.75) is 31.9 Å². The molecule has 0 spiro atoms. The lowest BCUT2D eigenvalue weighted by Gasteiger charge is -2.22. The summed E-state index contributed by atoms with van der Waals surface area (Å²) >= 11 is 6.42. The van der Waals surface area contributed by atoms with Crippen LogP contribution in [0.1, 0.15) is 19.8 Å². The standard InChI is InChI=1S/C29H28ClN5O5/c1-16(21-5-4-10-31-21)38-25-11-17(6-8-20(25)30)34-29-35-23-12-18(7-9-24(23)40-29)39-28-19-13-26(36-2)27(37-3)14-22(19)32-15-33-28/h6-9,11-16,21,31H,4-5,10H2,1-3H3,(H,34,35). The van der Waals surface area contributed by atoms with E-state index in [-0.39, 0.29) is 6.10 Å². The van der Waals surface area contributed by atoms with Gasteiger partial charge >= 0.3 is 0 Å². The first-order chi connectivity index (χ1) is 19.5. The maximum absolute atomic E-state index is 6.42. The van der Waals surface area contributed by atoms with Crippen molar-refractivity contribution < 1.29 is 23.4 Å². The van der Waals surface area contributed by atoms with Crippen molar-refractivity contribution in [3.63, 3.8) is 0 Å². The lowest BCUT2D eigenvalue weighted by Crippen LogP contribution is -2.36. The van der Waals surface area contributed by atoms with Crippen LogP contribution in [0, 0.1) is 0 Å². The minimum atomic E-state index is -0.00637. The summed E-state index contributed by atoms with van der Waals surface area (Å²) in [4.78, 5) is 13.2. The SMILES string of the molecule is COc1cc2ncnc(Oc3ccc4oc(Nc5ccc(Cl)c(OC(C)C6CCCN6)c5)nc4c3)c2cc1OC. The number of ether oxygens (including phenoxy) is 4. The summed E-state index contributed by atoms with van der Waals surface area (Å²) in [5, 5.41) is 7.89. The lowest BCUT2D eigenvalue weighted by molar-refractivity contribution is 0.180. The lowest BCUT2D eigenvalue weighted by atomic mass is 10.1. The summed E-state index contributed by atoms with van der Waals surface area (Å²) in [6, 6.07) is 15.1. The molecule has 6 rings (SSSR count). The van der Waals surface area contributed by atoms with E-state index in [0.29, 0.717) is 68.0 Å². The van der Waals surface area contributed by atoms with Crippen molar-refractivity contribution >= 4 is 45.3 Å². The normalized spacial score (nSPS) is 15.8. The number of oxazole rings is 1. The van der Waals surface area contributed by atoms with Gasteiger partial charge in [-0.05, 0) is 56.6 Å². The van der Waals surface area contributed by atoms with Crippen LogP contribution in [0.5, 0.6) is 28.9 Å². The molecule has 0 bridgehead atoms. The van der Waals surface area contributed by atoms with Crippen molar-refractivity contribution in [2.75, 3.05) is 26.1 Å². The molecule has 40 heavy (non-hydrogen) atoms. The molecule has 2 atom stereocenters. The van der Waals surface area contributed by atoms with E-state index in [1.54, 1.807) is 50.6 Å². The minimum Gasteiger partial charge on any atom is -0.493 e. The molecule has 1 saturated heterocycles. The van der Waals surface area contributed by atoms with Gasteiger partial charge in [0.2, 0.25) is 5.88 Å². The number of hydrogen-bond acceptors (Lipinski definition) is 10. The fraction of sp³-hybridized carbons (Fsp3) is 0.276. The first-order valence-corrected chi connectivity index (χ1v) is 13.3. The maximum atomic E-state index is 6.42. The van der Waals surface area contributed by atoms with Gasteiger partial charge in [-0.2, -0.15) is 4.98 Å². The number of hydrogen-bond donors (Lipinski definition) is 2. The summed E-state index contributed by atoms with van der Waals surface area (Å²) in [6.45, 7) is 3.06. The van der Waals surface area contributed by atoms with Gasteiger partial charge in [-0.25, -0.2) is 9.97 Å². The summed E-state index contributed by atoms with van der Waals surface area (Å²) in [5.74, 6) is 2.65. The van der Waals surface area contributed by atoms with Crippen LogP contribution in [0.25, 0.3) is 22.0 Å². The quantitative estimate of drug-likeness (QED) is 0.207. The molecule has 11 heteroatoms. The Hall–Kier alpha value is -4.28. The third-order valence-corrected chi connectivity index (χ3v) is 7.15. The summed E-state index contributed by atoms with van der Waals surface area (Å²) < 4.78 is 29.0. The van der Waals surface area contributed by atoms with Gasteiger partial charge in [0.1, 0.15) is 29.4 Å². The molecule has 0 saturated carbocycles. The first-order valence-electron chi connectivity index (χ1n) is 12.9. The molecule has 2 unspecified atom stereocenters. The number of fused-ring (bicyclic) bond motifs is 2. The van der Waals surface area contributed by atoms with E-state index >= 15 is 0 Å². The molecule has 1 fully saturated rings. The van der Waals surface area contributed by atoms with E-state index in [9.17, 15) is 0 Å². The molecular weight excluding hydrogens is 534 g/mol. The van der Waals surface area contributed by atoms with Gasteiger partial charge in [-0.3, -0.25) is 0 Å². The van der Waals surface area contributed by atoms with E-state index in [1.807, 2.05) is 12.1 Å². The van der Waals surface area contributed by atoms with Crippen LogP contribution in [0.4, 0.5) is 11.7 Å². The number of anilines is 2. The highest BCUT2D eigenvalue weighted by molar-refractivity contribution is 6.32. The van der Waals surface area contributed by atoms with E-state index in [2.05, 4.69) is 32.5 Å². The number of benzene rings is 3. The summed E-state index contributed by atoms with van der Waals surface area (Å²) in [7, 11) is 3.15. The largest absolute Gasteiger partial charge is 0.493 e. The Bertz CT molecular complexity index is 1670. The highest BCUT2D eigenvalue weighted by Gasteiger charge is 2.23. The van der Waals surface area contributed by atoms with Crippen LogP contribution in [-0.4, -0.2) is 47.9 Å². The number of rotatable bonds is 9. The molecule has 0 radical (unpaired) electrons. The number of aromatic nitrogens is 3. The third-order valence-electron chi connectivity index (χ3n) is 6.84.